The van der Waals surface area contributed by atoms with E-state index in [9.17, 15) is 9.59 Å². The molecule has 0 unspecified atom stereocenters. The first-order valence-electron chi connectivity index (χ1n) is 7.13. The molecule has 1 aromatic heterocycles. The summed E-state index contributed by atoms with van der Waals surface area (Å²) < 4.78 is 2.44. The van der Waals surface area contributed by atoms with E-state index in [4.69, 9.17) is 0 Å². The summed E-state index contributed by atoms with van der Waals surface area (Å²) in [5, 5.41) is 11.6. The molecule has 24 heavy (non-hydrogen) atoms. The summed E-state index contributed by atoms with van der Waals surface area (Å²) in [5.74, 6) is -0.256. The topological polar surface area (TPSA) is 81.0 Å². The van der Waals surface area contributed by atoms with Gasteiger partial charge in [-0.3, -0.25) is 14.5 Å². The van der Waals surface area contributed by atoms with Crippen molar-refractivity contribution in [3.05, 3.63) is 70.0 Å². The number of halogens is 1. The smallest absolute Gasteiger partial charge is 0.261 e. The summed E-state index contributed by atoms with van der Waals surface area (Å²) in [6.45, 7) is 0.00934. The van der Waals surface area contributed by atoms with Crippen LogP contribution in [0.2, 0.25) is 0 Å². The van der Waals surface area contributed by atoms with Crippen molar-refractivity contribution >= 4 is 27.7 Å². The number of nitrogens with zero attached hydrogens (tertiary/aromatic N) is 5. The number of fused-ring (bicyclic) bond motifs is 1. The molecular formula is C16H10BrN5O2. The number of aromatic nitrogens is 4. The minimum atomic E-state index is -0.332. The van der Waals surface area contributed by atoms with E-state index in [0.29, 0.717) is 17.0 Å². The fraction of sp³-hybridized carbons (Fsp3) is 0.0625. The Labute approximate surface area is 145 Å². The van der Waals surface area contributed by atoms with E-state index >= 15 is 0 Å². The first kappa shape index (κ1) is 14.7. The molecule has 8 heteroatoms. The Morgan fingerprint density at radius 2 is 1.54 bits per heavy atom. The van der Waals surface area contributed by atoms with Crippen LogP contribution in [0.5, 0.6) is 0 Å². The van der Waals surface area contributed by atoms with E-state index < -0.39 is 0 Å². The molecule has 0 saturated carbocycles. The summed E-state index contributed by atoms with van der Waals surface area (Å²) in [5.41, 5.74) is 1.56. The van der Waals surface area contributed by atoms with Crippen LogP contribution >= 0.6 is 15.9 Å². The number of amides is 2. The molecule has 2 amide bonds. The number of imide groups is 1. The maximum Gasteiger partial charge on any atom is 0.261 e. The highest BCUT2D eigenvalue weighted by Crippen LogP contribution is 2.24. The van der Waals surface area contributed by atoms with Gasteiger partial charge in [-0.15, -0.1) is 5.10 Å². The second kappa shape index (κ2) is 5.64. The van der Waals surface area contributed by atoms with Crippen LogP contribution in [0.4, 0.5) is 0 Å². The van der Waals surface area contributed by atoms with E-state index in [1.54, 1.807) is 24.3 Å². The van der Waals surface area contributed by atoms with Crippen molar-refractivity contribution in [3.63, 3.8) is 0 Å². The van der Waals surface area contributed by atoms with Crippen molar-refractivity contribution in [2.75, 3.05) is 0 Å². The van der Waals surface area contributed by atoms with Crippen molar-refractivity contribution < 1.29 is 9.59 Å². The third-order valence-electron chi connectivity index (χ3n) is 3.78. The summed E-state index contributed by atoms with van der Waals surface area (Å²) in [7, 11) is 0. The Balaban J connectivity index is 1.66. The van der Waals surface area contributed by atoms with Gasteiger partial charge in [0.2, 0.25) is 0 Å². The Hall–Kier alpha value is -2.87. The lowest BCUT2D eigenvalue weighted by Gasteiger charge is -2.13. The molecular weight excluding hydrogens is 374 g/mol. The first-order valence-corrected chi connectivity index (χ1v) is 7.93. The monoisotopic (exact) mass is 383 g/mol. The van der Waals surface area contributed by atoms with E-state index in [0.717, 1.165) is 15.1 Å². The van der Waals surface area contributed by atoms with Gasteiger partial charge in [-0.2, -0.15) is 4.68 Å². The molecule has 0 fully saturated rings. The van der Waals surface area contributed by atoms with Gasteiger partial charge in [0.15, 0.2) is 5.82 Å². The fourth-order valence-corrected chi connectivity index (χ4v) is 2.88. The molecule has 2 aromatic carbocycles. The lowest BCUT2D eigenvalue weighted by atomic mass is 10.1. The van der Waals surface area contributed by atoms with E-state index in [-0.39, 0.29) is 18.4 Å². The Bertz CT molecular complexity index is 916. The van der Waals surface area contributed by atoms with Crippen molar-refractivity contribution in [2.24, 2.45) is 0 Å². The Kier molecular flexibility index (Phi) is 3.46. The van der Waals surface area contributed by atoms with Crippen LogP contribution in [0.3, 0.4) is 0 Å². The second-order valence-electron chi connectivity index (χ2n) is 5.23. The molecule has 1 aliphatic rings. The third kappa shape index (κ3) is 2.31. The molecule has 0 bridgehead atoms. The van der Waals surface area contributed by atoms with Crippen LogP contribution in [-0.4, -0.2) is 36.9 Å². The molecule has 0 atom stereocenters. The zero-order valence-corrected chi connectivity index (χ0v) is 13.8. The van der Waals surface area contributed by atoms with Gasteiger partial charge < -0.3 is 0 Å². The van der Waals surface area contributed by atoms with Crippen molar-refractivity contribution in [3.8, 4) is 5.69 Å². The normalized spacial score (nSPS) is 13.5. The number of hydrogen-bond acceptors (Lipinski definition) is 5. The first-order chi connectivity index (χ1) is 11.6. The fourth-order valence-electron chi connectivity index (χ4n) is 2.61. The Morgan fingerprint density at radius 3 is 2.17 bits per heavy atom. The van der Waals surface area contributed by atoms with Crippen molar-refractivity contribution in [2.45, 2.75) is 6.54 Å². The molecule has 0 radical (unpaired) electrons. The number of benzene rings is 2. The number of rotatable bonds is 3. The molecule has 0 saturated heterocycles. The summed E-state index contributed by atoms with van der Waals surface area (Å²) >= 11 is 3.37. The molecule has 2 heterocycles. The third-order valence-corrected chi connectivity index (χ3v) is 4.31. The minimum absolute atomic E-state index is 0.00934. The lowest BCUT2D eigenvalue weighted by Crippen LogP contribution is -2.30. The number of carbonyl (C=O) groups is 2. The summed E-state index contributed by atoms with van der Waals surface area (Å²) in [4.78, 5) is 26.1. The van der Waals surface area contributed by atoms with Crippen LogP contribution in [0, 0.1) is 0 Å². The van der Waals surface area contributed by atoms with E-state index in [1.807, 2.05) is 24.3 Å². The maximum absolute atomic E-state index is 12.4. The number of tetrazole rings is 1. The van der Waals surface area contributed by atoms with Gasteiger partial charge in [0.25, 0.3) is 11.8 Å². The van der Waals surface area contributed by atoms with Gasteiger partial charge in [-0.25, -0.2) is 0 Å². The van der Waals surface area contributed by atoms with Crippen molar-refractivity contribution in [1.29, 1.82) is 0 Å². The van der Waals surface area contributed by atoms with Gasteiger partial charge in [-0.05, 0) is 46.8 Å². The molecule has 3 aromatic rings. The van der Waals surface area contributed by atoms with Crippen LogP contribution < -0.4 is 0 Å². The predicted molar refractivity (Wildman–Crippen MR) is 87.5 cm³/mol. The predicted octanol–water partition coefficient (Wildman–Crippen LogP) is 2.22. The summed E-state index contributed by atoms with van der Waals surface area (Å²) in [6, 6.07) is 14.2. The molecule has 7 nitrogen and oxygen atoms in total. The van der Waals surface area contributed by atoms with Gasteiger partial charge in [0.05, 0.1) is 23.4 Å². The highest BCUT2D eigenvalue weighted by Gasteiger charge is 2.36. The zero-order valence-electron chi connectivity index (χ0n) is 12.3. The maximum atomic E-state index is 12.4. The number of carbonyl (C=O) groups excluding carboxylic acids is 2. The van der Waals surface area contributed by atoms with E-state index in [1.165, 1.54) is 4.68 Å². The van der Waals surface area contributed by atoms with Gasteiger partial charge in [0, 0.05) is 4.47 Å². The zero-order chi connectivity index (χ0) is 16.7. The molecule has 0 aliphatic carbocycles. The highest BCUT2D eigenvalue weighted by atomic mass is 79.9. The Morgan fingerprint density at radius 1 is 0.917 bits per heavy atom. The SMILES string of the molecule is O=C1c2ccccc2C(=O)N1Cc1nnnn1-c1ccc(Br)cc1. The molecule has 118 valence electrons. The quantitative estimate of drug-likeness (QED) is 0.647. The largest absolute Gasteiger partial charge is 0.269 e. The molecule has 0 N–H and O–H groups in total. The van der Waals surface area contributed by atoms with Gasteiger partial charge in [-0.1, -0.05) is 28.1 Å². The van der Waals surface area contributed by atoms with Crippen molar-refractivity contribution in [1.82, 2.24) is 25.1 Å². The molecule has 0 spiro atoms. The van der Waals surface area contributed by atoms with Crippen LogP contribution in [0.15, 0.2) is 53.0 Å². The second-order valence-corrected chi connectivity index (χ2v) is 6.14. The van der Waals surface area contributed by atoms with Crippen LogP contribution in [0.25, 0.3) is 5.69 Å². The van der Waals surface area contributed by atoms with Crippen LogP contribution in [-0.2, 0) is 6.54 Å². The highest BCUT2D eigenvalue weighted by molar-refractivity contribution is 9.10. The molecule has 4 rings (SSSR count). The molecule has 1 aliphatic heterocycles. The van der Waals surface area contributed by atoms with Gasteiger partial charge >= 0.3 is 0 Å². The average Bonchev–Trinajstić information content (AvgIpc) is 3.15. The van der Waals surface area contributed by atoms with Crippen LogP contribution in [0.1, 0.15) is 26.5 Å². The summed E-state index contributed by atoms with van der Waals surface area (Å²) in [6.07, 6.45) is 0. The van der Waals surface area contributed by atoms with E-state index in [2.05, 4.69) is 31.5 Å². The number of hydrogen-bond donors (Lipinski definition) is 0. The standard InChI is InChI=1S/C16H10BrN5O2/c17-10-5-7-11(8-6-10)22-14(18-19-20-22)9-21-15(23)12-3-1-2-4-13(12)16(21)24/h1-8H,9H2. The lowest BCUT2D eigenvalue weighted by molar-refractivity contribution is 0.0637. The van der Waals surface area contributed by atoms with Gasteiger partial charge in [0.1, 0.15) is 0 Å². The average molecular weight is 384 g/mol. The minimum Gasteiger partial charge on any atom is -0.269 e.